The molecule has 0 radical (unpaired) electrons. The van der Waals surface area contributed by atoms with Gasteiger partial charge in [0.15, 0.2) is 0 Å². The number of thioether (sulfide) groups is 2. The van der Waals surface area contributed by atoms with Crippen LogP contribution in [0.5, 0.6) is 0 Å². The smallest absolute Gasteiger partial charge is 0.220 e. The topological polar surface area (TPSA) is 18.5 Å². The van der Waals surface area contributed by atoms with Gasteiger partial charge in [0.25, 0.3) is 0 Å². The largest absolute Gasteiger partial charge is 0.479 e. The lowest BCUT2D eigenvalue weighted by Gasteiger charge is -2.02. The predicted octanol–water partition coefficient (Wildman–Crippen LogP) is 3.65. The summed E-state index contributed by atoms with van der Waals surface area (Å²) in [6.45, 7) is 5.12. The standard InChI is InChI=1S/C10H16O2S4/c1-3-11-9(13)15-7-5-6-8-16-10(14)12-4-2/h5-6H,3-4,7-8H2,1-2H3/b6-5-. The Kier molecular flexibility index (Phi) is 11.9. The normalized spacial score (nSPS) is 10.4. The van der Waals surface area contributed by atoms with E-state index in [1.807, 2.05) is 13.8 Å². The molecule has 0 amide bonds. The molecule has 92 valence electrons. The first-order valence-electron chi connectivity index (χ1n) is 4.94. The highest BCUT2D eigenvalue weighted by atomic mass is 32.2. The summed E-state index contributed by atoms with van der Waals surface area (Å²) in [5.41, 5.74) is 0. The van der Waals surface area contributed by atoms with Crippen LogP contribution in [0.4, 0.5) is 0 Å². The van der Waals surface area contributed by atoms with E-state index in [1.165, 1.54) is 23.5 Å². The molecule has 0 N–H and O–H groups in total. The van der Waals surface area contributed by atoms with E-state index in [1.54, 1.807) is 0 Å². The molecular weight excluding hydrogens is 280 g/mol. The highest BCUT2D eigenvalue weighted by Crippen LogP contribution is 2.08. The lowest BCUT2D eigenvalue weighted by atomic mass is 10.6. The fraction of sp³-hybridized carbons (Fsp3) is 0.600. The summed E-state index contributed by atoms with van der Waals surface area (Å²) in [5, 5.41) is 0. The van der Waals surface area contributed by atoms with E-state index >= 15 is 0 Å². The molecule has 0 aliphatic heterocycles. The maximum Gasteiger partial charge on any atom is 0.220 e. The van der Waals surface area contributed by atoms with Crippen LogP contribution in [0.2, 0.25) is 0 Å². The Morgan fingerprint density at radius 1 is 0.938 bits per heavy atom. The minimum absolute atomic E-state index is 0.602. The molecular formula is C10H16O2S4. The maximum atomic E-state index is 5.13. The van der Waals surface area contributed by atoms with Crippen molar-refractivity contribution in [2.45, 2.75) is 13.8 Å². The van der Waals surface area contributed by atoms with Crippen molar-refractivity contribution in [1.82, 2.24) is 0 Å². The van der Waals surface area contributed by atoms with E-state index in [4.69, 9.17) is 33.9 Å². The first-order chi connectivity index (χ1) is 7.70. The van der Waals surface area contributed by atoms with E-state index < -0.39 is 0 Å². The summed E-state index contributed by atoms with van der Waals surface area (Å²) < 4.78 is 11.5. The summed E-state index contributed by atoms with van der Waals surface area (Å²) in [7, 11) is 0. The van der Waals surface area contributed by atoms with Crippen LogP contribution < -0.4 is 0 Å². The molecule has 0 saturated carbocycles. The molecule has 0 aliphatic carbocycles. The zero-order chi connectivity index (χ0) is 12.2. The molecule has 0 aromatic heterocycles. The predicted molar refractivity (Wildman–Crippen MR) is 82.5 cm³/mol. The van der Waals surface area contributed by atoms with Crippen molar-refractivity contribution in [2.75, 3.05) is 24.7 Å². The number of ether oxygens (including phenoxy) is 2. The third-order valence-corrected chi connectivity index (χ3v) is 3.65. The number of hydrogen-bond donors (Lipinski definition) is 0. The summed E-state index contributed by atoms with van der Waals surface area (Å²) in [6.07, 6.45) is 4.11. The van der Waals surface area contributed by atoms with Crippen LogP contribution in [-0.4, -0.2) is 33.5 Å². The fourth-order valence-electron chi connectivity index (χ4n) is 0.687. The van der Waals surface area contributed by atoms with Crippen LogP contribution in [0.3, 0.4) is 0 Å². The van der Waals surface area contributed by atoms with Crippen LogP contribution in [0.15, 0.2) is 12.2 Å². The van der Waals surface area contributed by atoms with Gasteiger partial charge in [-0.1, -0.05) is 35.7 Å². The second kappa shape index (κ2) is 11.7. The molecule has 0 heterocycles. The van der Waals surface area contributed by atoms with Crippen LogP contribution in [0.25, 0.3) is 0 Å². The molecule has 2 nitrogen and oxygen atoms in total. The summed E-state index contributed by atoms with van der Waals surface area (Å²) in [4.78, 5) is 0. The van der Waals surface area contributed by atoms with Gasteiger partial charge in [0.2, 0.25) is 8.77 Å². The van der Waals surface area contributed by atoms with E-state index in [0.29, 0.717) is 22.0 Å². The maximum absolute atomic E-state index is 5.13. The highest BCUT2D eigenvalue weighted by molar-refractivity contribution is 8.23. The Morgan fingerprint density at radius 2 is 1.31 bits per heavy atom. The molecule has 0 aliphatic rings. The summed E-state index contributed by atoms with van der Waals surface area (Å²) in [6, 6.07) is 0. The number of thiocarbonyl (C=S) groups is 2. The Bertz CT molecular complexity index is 217. The molecule has 0 aromatic carbocycles. The van der Waals surface area contributed by atoms with Crippen molar-refractivity contribution < 1.29 is 9.47 Å². The van der Waals surface area contributed by atoms with Gasteiger partial charge in [0, 0.05) is 11.5 Å². The van der Waals surface area contributed by atoms with Crippen LogP contribution in [0, 0.1) is 0 Å². The molecule has 0 saturated heterocycles. The summed E-state index contributed by atoms with van der Waals surface area (Å²) in [5.74, 6) is 1.67. The third kappa shape index (κ3) is 10.7. The molecule has 0 aromatic rings. The molecule has 0 rings (SSSR count). The Hall–Kier alpha value is 0.220. The highest BCUT2D eigenvalue weighted by Gasteiger charge is 1.95. The molecule has 0 spiro atoms. The van der Waals surface area contributed by atoms with Gasteiger partial charge in [-0.15, -0.1) is 0 Å². The van der Waals surface area contributed by atoms with E-state index in [2.05, 4.69) is 12.2 Å². The minimum Gasteiger partial charge on any atom is -0.479 e. The lowest BCUT2D eigenvalue weighted by Crippen LogP contribution is -1.96. The molecule has 6 heteroatoms. The zero-order valence-electron chi connectivity index (χ0n) is 9.43. The minimum atomic E-state index is 0.602. The first-order valence-corrected chi connectivity index (χ1v) is 7.73. The lowest BCUT2D eigenvalue weighted by molar-refractivity contribution is 0.346. The quantitative estimate of drug-likeness (QED) is 0.546. The van der Waals surface area contributed by atoms with Crippen molar-refractivity contribution in [2.24, 2.45) is 0 Å². The second-order valence-electron chi connectivity index (χ2n) is 2.46. The van der Waals surface area contributed by atoms with Crippen LogP contribution in [-0.2, 0) is 9.47 Å². The SMILES string of the molecule is CCOC(=S)SC/C=C\CSC(=S)OCC. The van der Waals surface area contributed by atoms with Crippen molar-refractivity contribution in [3.8, 4) is 0 Å². The summed E-state index contributed by atoms with van der Waals surface area (Å²) >= 11 is 13.0. The van der Waals surface area contributed by atoms with Crippen molar-refractivity contribution in [1.29, 1.82) is 0 Å². The average molecular weight is 297 g/mol. The molecule has 0 atom stereocenters. The van der Waals surface area contributed by atoms with E-state index in [0.717, 1.165) is 11.5 Å². The first kappa shape index (κ1) is 16.2. The van der Waals surface area contributed by atoms with Gasteiger partial charge >= 0.3 is 0 Å². The monoisotopic (exact) mass is 296 g/mol. The number of hydrogen-bond acceptors (Lipinski definition) is 6. The van der Waals surface area contributed by atoms with Gasteiger partial charge in [-0.05, 0) is 38.3 Å². The average Bonchev–Trinajstić information content (AvgIpc) is 2.24. The zero-order valence-corrected chi connectivity index (χ0v) is 12.7. The third-order valence-electron chi connectivity index (χ3n) is 1.29. The van der Waals surface area contributed by atoms with Gasteiger partial charge in [-0.25, -0.2) is 0 Å². The Morgan fingerprint density at radius 3 is 1.62 bits per heavy atom. The van der Waals surface area contributed by atoms with Gasteiger partial charge < -0.3 is 9.47 Å². The number of rotatable bonds is 6. The van der Waals surface area contributed by atoms with Crippen molar-refractivity contribution in [3.63, 3.8) is 0 Å². The van der Waals surface area contributed by atoms with Crippen molar-refractivity contribution >= 4 is 56.7 Å². The van der Waals surface area contributed by atoms with E-state index in [9.17, 15) is 0 Å². The molecule has 0 unspecified atom stereocenters. The fourth-order valence-corrected chi connectivity index (χ4v) is 2.47. The molecule has 0 fully saturated rings. The van der Waals surface area contributed by atoms with E-state index in [-0.39, 0.29) is 0 Å². The second-order valence-corrected chi connectivity index (χ2v) is 5.70. The van der Waals surface area contributed by atoms with Crippen molar-refractivity contribution in [3.05, 3.63) is 12.2 Å². The van der Waals surface area contributed by atoms with Gasteiger partial charge in [-0.3, -0.25) is 0 Å². The Balaban J connectivity index is 3.41. The van der Waals surface area contributed by atoms with Crippen LogP contribution >= 0.6 is 48.0 Å². The van der Waals surface area contributed by atoms with Gasteiger partial charge in [0.1, 0.15) is 0 Å². The molecule has 0 bridgehead atoms. The molecule has 16 heavy (non-hydrogen) atoms. The Labute approximate surface area is 117 Å². The van der Waals surface area contributed by atoms with Gasteiger partial charge in [-0.2, -0.15) is 0 Å². The van der Waals surface area contributed by atoms with Crippen LogP contribution in [0.1, 0.15) is 13.8 Å². The van der Waals surface area contributed by atoms with Gasteiger partial charge in [0.05, 0.1) is 13.2 Å².